The molecule has 0 aliphatic rings. The van der Waals surface area contributed by atoms with Crippen LogP contribution in [0.4, 0.5) is 10.8 Å². The van der Waals surface area contributed by atoms with Crippen molar-refractivity contribution in [2.75, 3.05) is 11.1 Å². The lowest BCUT2D eigenvalue weighted by atomic mass is 10.2. The van der Waals surface area contributed by atoms with Gasteiger partial charge in [-0.2, -0.15) is 0 Å². The van der Waals surface area contributed by atoms with Crippen LogP contribution in [-0.2, 0) is 13.0 Å². The molecule has 1 aromatic carbocycles. The Balaban J connectivity index is 1.96. The van der Waals surface area contributed by atoms with Gasteiger partial charge in [-0.05, 0) is 24.1 Å². The zero-order valence-electron chi connectivity index (χ0n) is 9.23. The SMILES string of the molecule is CCc1csc(NCc2cccc(N)c2)n1. The minimum atomic E-state index is 0.766. The average Bonchev–Trinajstić information content (AvgIpc) is 2.74. The van der Waals surface area contributed by atoms with Gasteiger partial charge in [-0.15, -0.1) is 11.3 Å². The van der Waals surface area contributed by atoms with Gasteiger partial charge in [0.15, 0.2) is 5.13 Å². The van der Waals surface area contributed by atoms with Crippen LogP contribution in [0.5, 0.6) is 0 Å². The lowest BCUT2D eigenvalue weighted by molar-refractivity contribution is 1.05. The molecule has 0 atom stereocenters. The van der Waals surface area contributed by atoms with Crippen molar-refractivity contribution in [3.8, 4) is 0 Å². The highest BCUT2D eigenvalue weighted by atomic mass is 32.1. The zero-order valence-corrected chi connectivity index (χ0v) is 10.1. The van der Waals surface area contributed by atoms with E-state index in [1.54, 1.807) is 11.3 Å². The zero-order chi connectivity index (χ0) is 11.4. The van der Waals surface area contributed by atoms with Crippen molar-refractivity contribution in [1.29, 1.82) is 0 Å². The molecule has 0 saturated heterocycles. The molecule has 3 N–H and O–H groups in total. The van der Waals surface area contributed by atoms with E-state index in [0.717, 1.165) is 29.5 Å². The van der Waals surface area contributed by atoms with Crippen molar-refractivity contribution in [1.82, 2.24) is 4.98 Å². The number of hydrogen-bond donors (Lipinski definition) is 2. The Morgan fingerprint density at radius 1 is 1.44 bits per heavy atom. The van der Waals surface area contributed by atoms with E-state index in [4.69, 9.17) is 5.73 Å². The first-order valence-corrected chi connectivity index (χ1v) is 6.18. The van der Waals surface area contributed by atoms with Crippen LogP contribution in [-0.4, -0.2) is 4.98 Å². The van der Waals surface area contributed by atoms with Gasteiger partial charge in [0.25, 0.3) is 0 Å². The quantitative estimate of drug-likeness (QED) is 0.798. The maximum absolute atomic E-state index is 5.71. The number of rotatable bonds is 4. The van der Waals surface area contributed by atoms with Crippen molar-refractivity contribution < 1.29 is 0 Å². The second-order valence-corrected chi connectivity index (χ2v) is 4.45. The Bertz CT molecular complexity index is 465. The van der Waals surface area contributed by atoms with Crippen LogP contribution in [0, 0.1) is 0 Å². The number of hydrogen-bond acceptors (Lipinski definition) is 4. The van der Waals surface area contributed by atoms with Gasteiger partial charge >= 0.3 is 0 Å². The summed E-state index contributed by atoms with van der Waals surface area (Å²) < 4.78 is 0. The minimum Gasteiger partial charge on any atom is -0.399 e. The summed E-state index contributed by atoms with van der Waals surface area (Å²) in [7, 11) is 0. The summed E-state index contributed by atoms with van der Waals surface area (Å²) in [5, 5.41) is 6.35. The smallest absolute Gasteiger partial charge is 0.183 e. The van der Waals surface area contributed by atoms with Crippen LogP contribution < -0.4 is 11.1 Å². The average molecular weight is 233 g/mol. The van der Waals surface area contributed by atoms with E-state index in [1.165, 1.54) is 5.56 Å². The first-order chi connectivity index (χ1) is 7.78. The van der Waals surface area contributed by atoms with E-state index in [1.807, 2.05) is 18.2 Å². The number of aromatic nitrogens is 1. The monoisotopic (exact) mass is 233 g/mol. The maximum atomic E-state index is 5.71. The number of aryl methyl sites for hydroxylation is 1. The lowest BCUT2D eigenvalue weighted by Gasteiger charge is -2.03. The number of nitrogens with one attached hydrogen (secondary N) is 1. The van der Waals surface area contributed by atoms with E-state index < -0.39 is 0 Å². The van der Waals surface area contributed by atoms with Gasteiger partial charge in [0.1, 0.15) is 0 Å². The van der Waals surface area contributed by atoms with Crippen molar-refractivity contribution in [2.24, 2.45) is 0 Å². The topological polar surface area (TPSA) is 50.9 Å². The maximum Gasteiger partial charge on any atom is 0.183 e. The third-order valence-electron chi connectivity index (χ3n) is 2.31. The van der Waals surface area contributed by atoms with E-state index in [9.17, 15) is 0 Å². The van der Waals surface area contributed by atoms with Gasteiger partial charge in [0.2, 0.25) is 0 Å². The highest BCUT2D eigenvalue weighted by molar-refractivity contribution is 7.13. The van der Waals surface area contributed by atoms with Crippen LogP contribution in [0.25, 0.3) is 0 Å². The van der Waals surface area contributed by atoms with Gasteiger partial charge < -0.3 is 11.1 Å². The van der Waals surface area contributed by atoms with E-state index in [-0.39, 0.29) is 0 Å². The largest absolute Gasteiger partial charge is 0.399 e. The summed E-state index contributed by atoms with van der Waals surface area (Å²) in [4.78, 5) is 4.44. The molecule has 0 fully saturated rings. The standard InChI is InChI=1S/C12H15N3S/c1-2-11-8-16-12(15-11)14-7-9-4-3-5-10(13)6-9/h3-6,8H,2,7,13H2,1H3,(H,14,15). The third kappa shape index (κ3) is 2.73. The predicted molar refractivity (Wildman–Crippen MR) is 69.7 cm³/mol. The van der Waals surface area contributed by atoms with Crippen LogP contribution in [0.1, 0.15) is 18.2 Å². The van der Waals surface area contributed by atoms with E-state index in [0.29, 0.717) is 0 Å². The second-order valence-electron chi connectivity index (χ2n) is 3.60. The molecule has 0 radical (unpaired) electrons. The molecule has 1 aromatic heterocycles. The first kappa shape index (κ1) is 11.0. The summed E-state index contributed by atoms with van der Waals surface area (Å²) in [5.41, 5.74) is 8.82. The Labute approximate surface area is 99.3 Å². The van der Waals surface area contributed by atoms with Crippen molar-refractivity contribution >= 4 is 22.2 Å². The highest BCUT2D eigenvalue weighted by Gasteiger charge is 1.99. The molecule has 2 aromatic rings. The summed E-state index contributed by atoms with van der Waals surface area (Å²) in [6, 6.07) is 7.88. The Hall–Kier alpha value is -1.55. The number of nitrogen functional groups attached to an aromatic ring is 1. The highest BCUT2D eigenvalue weighted by Crippen LogP contribution is 2.17. The number of anilines is 2. The van der Waals surface area contributed by atoms with Crippen LogP contribution in [0.15, 0.2) is 29.6 Å². The molecule has 0 saturated carbocycles. The molecule has 0 aliphatic carbocycles. The minimum absolute atomic E-state index is 0.766. The lowest BCUT2D eigenvalue weighted by Crippen LogP contribution is -1.99. The molecule has 0 aliphatic heterocycles. The summed E-state index contributed by atoms with van der Waals surface area (Å²) in [6.45, 7) is 2.87. The van der Waals surface area contributed by atoms with E-state index >= 15 is 0 Å². The fourth-order valence-corrected chi connectivity index (χ4v) is 2.22. The molecule has 0 bridgehead atoms. The predicted octanol–water partition coefficient (Wildman–Crippen LogP) is 2.90. The van der Waals surface area contributed by atoms with Gasteiger partial charge in [-0.3, -0.25) is 0 Å². The molecule has 4 heteroatoms. The van der Waals surface area contributed by atoms with E-state index in [2.05, 4.69) is 28.7 Å². The molecule has 84 valence electrons. The Kier molecular flexibility index (Phi) is 3.41. The van der Waals surface area contributed by atoms with Crippen molar-refractivity contribution in [2.45, 2.75) is 19.9 Å². The molecular weight excluding hydrogens is 218 g/mol. The fourth-order valence-electron chi connectivity index (χ4n) is 1.43. The van der Waals surface area contributed by atoms with Gasteiger partial charge in [-0.1, -0.05) is 19.1 Å². The molecule has 1 heterocycles. The van der Waals surface area contributed by atoms with Gasteiger partial charge in [0, 0.05) is 17.6 Å². The Morgan fingerprint density at radius 2 is 2.31 bits per heavy atom. The summed E-state index contributed by atoms with van der Waals surface area (Å²) in [6.07, 6.45) is 0.983. The Morgan fingerprint density at radius 3 is 3.00 bits per heavy atom. The summed E-state index contributed by atoms with van der Waals surface area (Å²) >= 11 is 1.64. The third-order valence-corrected chi connectivity index (χ3v) is 3.16. The van der Waals surface area contributed by atoms with Crippen LogP contribution in [0.2, 0.25) is 0 Å². The van der Waals surface area contributed by atoms with Gasteiger partial charge in [-0.25, -0.2) is 4.98 Å². The van der Waals surface area contributed by atoms with Gasteiger partial charge in [0.05, 0.1) is 5.69 Å². The van der Waals surface area contributed by atoms with Crippen LogP contribution >= 0.6 is 11.3 Å². The molecule has 0 spiro atoms. The second kappa shape index (κ2) is 4.99. The molecular formula is C12H15N3S. The number of benzene rings is 1. The number of nitrogens with two attached hydrogens (primary N) is 1. The van der Waals surface area contributed by atoms with Crippen molar-refractivity contribution in [3.05, 3.63) is 40.9 Å². The normalized spacial score (nSPS) is 10.3. The molecule has 3 nitrogen and oxygen atoms in total. The number of thiazole rings is 1. The van der Waals surface area contributed by atoms with Crippen LogP contribution in [0.3, 0.4) is 0 Å². The first-order valence-electron chi connectivity index (χ1n) is 5.30. The summed E-state index contributed by atoms with van der Waals surface area (Å²) in [5.74, 6) is 0. The molecule has 0 amide bonds. The fraction of sp³-hybridized carbons (Fsp3) is 0.250. The molecule has 2 rings (SSSR count). The molecule has 16 heavy (non-hydrogen) atoms. The van der Waals surface area contributed by atoms with Crippen molar-refractivity contribution in [3.63, 3.8) is 0 Å². The molecule has 0 unspecified atom stereocenters. The number of nitrogens with zero attached hydrogens (tertiary/aromatic N) is 1.